The zero-order chi connectivity index (χ0) is 14.3. The summed E-state index contributed by atoms with van der Waals surface area (Å²) in [6.07, 6.45) is 4.13. The standard InChI is InChI=1S/C14H20ClNO3/c1-11-9-12(2)14(10-13(11)16(17)18)19-8-6-4-3-5-7-15/h9-10H,3-8H2,1-2H3. The van der Waals surface area contributed by atoms with E-state index in [4.69, 9.17) is 16.3 Å². The van der Waals surface area contributed by atoms with Crippen molar-refractivity contribution in [1.82, 2.24) is 0 Å². The smallest absolute Gasteiger partial charge is 0.276 e. The third-order valence-corrected chi connectivity index (χ3v) is 3.24. The van der Waals surface area contributed by atoms with Gasteiger partial charge in [-0.3, -0.25) is 10.1 Å². The monoisotopic (exact) mass is 285 g/mol. The van der Waals surface area contributed by atoms with Crippen molar-refractivity contribution in [3.05, 3.63) is 33.4 Å². The Kier molecular flexibility index (Phi) is 6.64. The maximum absolute atomic E-state index is 10.9. The third kappa shape index (κ3) is 5.07. The van der Waals surface area contributed by atoms with E-state index < -0.39 is 0 Å². The molecule has 0 amide bonds. The average Bonchev–Trinajstić information content (AvgIpc) is 2.35. The van der Waals surface area contributed by atoms with Gasteiger partial charge in [0.2, 0.25) is 0 Å². The maximum Gasteiger partial charge on any atom is 0.276 e. The van der Waals surface area contributed by atoms with E-state index in [2.05, 4.69) is 0 Å². The van der Waals surface area contributed by atoms with E-state index in [0.29, 0.717) is 23.8 Å². The van der Waals surface area contributed by atoms with Crippen molar-refractivity contribution in [3.8, 4) is 5.75 Å². The molecule has 0 radical (unpaired) electrons. The highest BCUT2D eigenvalue weighted by Gasteiger charge is 2.14. The molecule has 0 aromatic heterocycles. The van der Waals surface area contributed by atoms with E-state index in [1.165, 1.54) is 6.07 Å². The number of alkyl halides is 1. The van der Waals surface area contributed by atoms with Crippen molar-refractivity contribution in [3.63, 3.8) is 0 Å². The molecule has 5 heteroatoms. The minimum absolute atomic E-state index is 0.114. The van der Waals surface area contributed by atoms with Crippen LogP contribution in [0.2, 0.25) is 0 Å². The fraction of sp³-hybridized carbons (Fsp3) is 0.571. The van der Waals surface area contributed by atoms with Crippen molar-refractivity contribution in [2.45, 2.75) is 39.5 Å². The molecule has 0 aliphatic heterocycles. The Hall–Kier alpha value is -1.29. The van der Waals surface area contributed by atoms with Crippen LogP contribution in [0.15, 0.2) is 12.1 Å². The quantitative estimate of drug-likeness (QED) is 0.308. The number of nitro benzene ring substituents is 1. The molecular formula is C14H20ClNO3. The van der Waals surface area contributed by atoms with E-state index in [0.717, 1.165) is 31.2 Å². The molecule has 0 spiro atoms. The highest BCUT2D eigenvalue weighted by atomic mass is 35.5. The SMILES string of the molecule is Cc1cc(C)c([N+](=O)[O-])cc1OCCCCCCCl. The predicted molar refractivity (Wildman–Crippen MR) is 77.3 cm³/mol. The van der Waals surface area contributed by atoms with E-state index >= 15 is 0 Å². The van der Waals surface area contributed by atoms with Gasteiger partial charge in [0, 0.05) is 11.4 Å². The van der Waals surface area contributed by atoms with Crippen molar-refractivity contribution >= 4 is 17.3 Å². The van der Waals surface area contributed by atoms with E-state index in [1.54, 1.807) is 13.0 Å². The molecule has 0 unspecified atom stereocenters. The summed E-state index contributed by atoms with van der Waals surface area (Å²) in [6, 6.07) is 3.31. The van der Waals surface area contributed by atoms with Crippen LogP contribution in [0.1, 0.15) is 36.8 Å². The van der Waals surface area contributed by atoms with Crippen molar-refractivity contribution in [2.75, 3.05) is 12.5 Å². The van der Waals surface area contributed by atoms with Crippen molar-refractivity contribution < 1.29 is 9.66 Å². The van der Waals surface area contributed by atoms with Gasteiger partial charge in [0.05, 0.1) is 17.6 Å². The number of nitrogens with zero attached hydrogens (tertiary/aromatic N) is 1. The molecule has 0 atom stereocenters. The number of unbranched alkanes of at least 4 members (excludes halogenated alkanes) is 3. The molecule has 4 nitrogen and oxygen atoms in total. The van der Waals surface area contributed by atoms with Crippen LogP contribution in [-0.2, 0) is 0 Å². The molecule has 19 heavy (non-hydrogen) atoms. The lowest BCUT2D eigenvalue weighted by atomic mass is 10.1. The van der Waals surface area contributed by atoms with Crippen LogP contribution in [0.3, 0.4) is 0 Å². The van der Waals surface area contributed by atoms with Gasteiger partial charge in [0.25, 0.3) is 5.69 Å². The minimum atomic E-state index is -0.373. The second-order valence-electron chi connectivity index (χ2n) is 4.61. The average molecular weight is 286 g/mol. The van der Waals surface area contributed by atoms with Crippen LogP contribution in [0, 0.1) is 24.0 Å². The Morgan fingerprint density at radius 3 is 2.47 bits per heavy atom. The predicted octanol–water partition coefficient (Wildman–Crippen LogP) is 4.39. The van der Waals surface area contributed by atoms with Crippen LogP contribution >= 0.6 is 11.6 Å². The topological polar surface area (TPSA) is 52.4 Å². The third-order valence-electron chi connectivity index (χ3n) is 2.98. The second kappa shape index (κ2) is 8.00. The van der Waals surface area contributed by atoms with Crippen LogP contribution < -0.4 is 4.74 Å². The van der Waals surface area contributed by atoms with E-state index in [1.807, 2.05) is 6.92 Å². The fourth-order valence-electron chi connectivity index (χ4n) is 1.91. The van der Waals surface area contributed by atoms with Crippen LogP contribution in [0.5, 0.6) is 5.75 Å². The lowest BCUT2D eigenvalue weighted by Gasteiger charge is -2.10. The Morgan fingerprint density at radius 1 is 1.16 bits per heavy atom. The summed E-state index contributed by atoms with van der Waals surface area (Å²) in [5.74, 6) is 1.30. The number of halogens is 1. The molecule has 0 aliphatic carbocycles. The molecular weight excluding hydrogens is 266 g/mol. The number of benzene rings is 1. The van der Waals surface area contributed by atoms with Gasteiger partial charge in [-0.2, -0.15) is 0 Å². The second-order valence-corrected chi connectivity index (χ2v) is 4.99. The Morgan fingerprint density at radius 2 is 1.84 bits per heavy atom. The van der Waals surface area contributed by atoms with Gasteiger partial charge in [-0.25, -0.2) is 0 Å². The number of rotatable bonds is 8. The summed E-state index contributed by atoms with van der Waals surface area (Å²) < 4.78 is 5.63. The zero-order valence-electron chi connectivity index (χ0n) is 11.4. The van der Waals surface area contributed by atoms with Crippen molar-refractivity contribution in [1.29, 1.82) is 0 Å². The van der Waals surface area contributed by atoms with Gasteiger partial charge >= 0.3 is 0 Å². The molecule has 0 heterocycles. The number of hydrogen-bond acceptors (Lipinski definition) is 3. The number of hydrogen-bond donors (Lipinski definition) is 0. The molecule has 106 valence electrons. The summed E-state index contributed by atoms with van der Waals surface area (Å²) in [6.45, 7) is 4.23. The maximum atomic E-state index is 10.9. The molecule has 0 saturated carbocycles. The van der Waals surface area contributed by atoms with Crippen LogP contribution in [0.25, 0.3) is 0 Å². The number of aryl methyl sites for hydroxylation is 2. The van der Waals surface area contributed by atoms with Gasteiger partial charge in [0.1, 0.15) is 5.75 Å². The van der Waals surface area contributed by atoms with E-state index in [-0.39, 0.29) is 10.6 Å². The Balaban J connectivity index is 2.53. The summed E-state index contributed by atoms with van der Waals surface area (Å²) >= 11 is 5.60. The zero-order valence-corrected chi connectivity index (χ0v) is 12.2. The highest BCUT2D eigenvalue weighted by Crippen LogP contribution is 2.28. The first-order chi connectivity index (χ1) is 9.06. The molecule has 0 N–H and O–H groups in total. The molecule has 0 saturated heterocycles. The molecule has 1 aromatic carbocycles. The lowest BCUT2D eigenvalue weighted by molar-refractivity contribution is -0.385. The first-order valence-corrected chi connectivity index (χ1v) is 7.04. The molecule has 1 aromatic rings. The summed E-state index contributed by atoms with van der Waals surface area (Å²) in [4.78, 5) is 10.5. The number of nitro groups is 1. The molecule has 1 rings (SSSR count). The van der Waals surface area contributed by atoms with Crippen molar-refractivity contribution in [2.24, 2.45) is 0 Å². The molecule has 0 fully saturated rings. The molecule has 0 bridgehead atoms. The highest BCUT2D eigenvalue weighted by molar-refractivity contribution is 6.17. The Bertz CT molecular complexity index is 435. The Labute approximate surface area is 118 Å². The first kappa shape index (κ1) is 15.8. The number of ether oxygens (including phenoxy) is 1. The van der Waals surface area contributed by atoms with Gasteiger partial charge < -0.3 is 4.74 Å². The normalized spacial score (nSPS) is 10.5. The molecule has 0 aliphatic rings. The summed E-state index contributed by atoms with van der Waals surface area (Å²) in [7, 11) is 0. The van der Waals surface area contributed by atoms with E-state index in [9.17, 15) is 10.1 Å². The van der Waals surface area contributed by atoms with Gasteiger partial charge in [0.15, 0.2) is 0 Å². The lowest BCUT2D eigenvalue weighted by Crippen LogP contribution is -2.01. The van der Waals surface area contributed by atoms with Crippen LogP contribution in [-0.4, -0.2) is 17.4 Å². The summed E-state index contributed by atoms with van der Waals surface area (Å²) in [5, 5.41) is 10.9. The fourth-order valence-corrected chi connectivity index (χ4v) is 2.10. The largest absolute Gasteiger partial charge is 0.493 e. The summed E-state index contributed by atoms with van der Waals surface area (Å²) in [5.41, 5.74) is 1.71. The van der Waals surface area contributed by atoms with Gasteiger partial charge in [-0.1, -0.05) is 12.8 Å². The first-order valence-electron chi connectivity index (χ1n) is 6.50. The minimum Gasteiger partial charge on any atom is -0.493 e. The van der Waals surface area contributed by atoms with Gasteiger partial charge in [-0.05, 0) is 38.3 Å². The van der Waals surface area contributed by atoms with Gasteiger partial charge in [-0.15, -0.1) is 11.6 Å². The van der Waals surface area contributed by atoms with Crippen LogP contribution in [0.4, 0.5) is 5.69 Å².